The summed E-state index contributed by atoms with van der Waals surface area (Å²) in [7, 11) is 0. The van der Waals surface area contributed by atoms with E-state index in [0.717, 1.165) is 48.4 Å². The van der Waals surface area contributed by atoms with E-state index in [0.29, 0.717) is 18.0 Å². The molecule has 0 aliphatic carbocycles. The first-order valence-electron chi connectivity index (χ1n) is 9.48. The average molecular weight is 377 g/mol. The van der Waals surface area contributed by atoms with E-state index in [1.807, 2.05) is 32.0 Å². The highest BCUT2D eigenvalue weighted by Gasteiger charge is 2.16. The van der Waals surface area contributed by atoms with Crippen molar-refractivity contribution in [3.63, 3.8) is 0 Å². The standard InChI is InChI=1S/C20H29ClN4O/c1-5-11-25(12-10-19(26)22-14(4)6-2)20-16-9-8-15(21)13-17(16)23-18(7-3)24-20/h8-9,13-14H,5-7,10-12H2,1-4H3,(H,22,26)/t14-/m0/s1. The van der Waals surface area contributed by atoms with Crippen LogP contribution in [0.15, 0.2) is 18.2 Å². The second-order valence-corrected chi connectivity index (χ2v) is 7.03. The van der Waals surface area contributed by atoms with Crippen LogP contribution in [0.25, 0.3) is 10.9 Å². The van der Waals surface area contributed by atoms with Crippen LogP contribution in [0.5, 0.6) is 0 Å². The number of halogens is 1. The van der Waals surface area contributed by atoms with Crippen LogP contribution in [0.4, 0.5) is 5.82 Å². The van der Waals surface area contributed by atoms with Crippen molar-refractivity contribution in [1.29, 1.82) is 0 Å². The lowest BCUT2D eigenvalue weighted by atomic mass is 10.2. The fourth-order valence-electron chi connectivity index (χ4n) is 2.81. The van der Waals surface area contributed by atoms with Crippen molar-refractivity contribution in [3.05, 3.63) is 29.0 Å². The van der Waals surface area contributed by atoms with Gasteiger partial charge in [-0.1, -0.05) is 32.4 Å². The molecule has 0 fully saturated rings. The molecule has 0 saturated heterocycles. The van der Waals surface area contributed by atoms with Crippen molar-refractivity contribution in [1.82, 2.24) is 15.3 Å². The molecule has 5 nitrogen and oxygen atoms in total. The van der Waals surface area contributed by atoms with Gasteiger partial charge in [-0.2, -0.15) is 0 Å². The fourth-order valence-corrected chi connectivity index (χ4v) is 2.98. The highest BCUT2D eigenvalue weighted by molar-refractivity contribution is 6.31. The van der Waals surface area contributed by atoms with E-state index < -0.39 is 0 Å². The van der Waals surface area contributed by atoms with E-state index in [9.17, 15) is 4.79 Å². The smallest absolute Gasteiger partial charge is 0.221 e. The first-order chi connectivity index (χ1) is 12.5. The predicted molar refractivity (Wildman–Crippen MR) is 109 cm³/mol. The molecule has 1 N–H and O–H groups in total. The summed E-state index contributed by atoms with van der Waals surface area (Å²) in [5, 5.41) is 4.67. The number of nitrogens with zero attached hydrogens (tertiary/aromatic N) is 3. The van der Waals surface area contributed by atoms with Gasteiger partial charge < -0.3 is 10.2 Å². The normalized spacial score (nSPS) is 12.2. The molecule has 0 bridgehead atoms. The number of aromatic nitrogens is 2. The van der Waals surface area contributed by atoms with Crippen LogP contribution in [0, 0.1) is 0 Å². The molecule has 6 heteroatoms. The van der Waals surface area contributed by atoms with Gasteiger partial charge in [-0.25, -0.2) is 9.97 Å². The number of benzene rings is 1. The van der Waals surface area contributed by atoms with Gasteiger partial charge in [0, 0.05) is 42.4 Å². The van der Waals surface area contributed by atoms with Gasteiger partial charge in [0.1, 0.15) is 11.6 Å². The van der Waals surface area contributed by atoms with E-state index in [4.69, 9.17) is 16.6 Å². The second-order valence-electron chi connectivity index (χ2n) is 6.59. The van der Waals surface area contributed by atoms with Crippen molar-refractivity contribution in [3.8, 4) is 0 Å². The van der Waals surface area contributed by atoms with Crippen molar-refractivity contribution in [2.45, 2.75) is 59.4 Å². The zero-order chi connectivity index (χ0) is 19.1. The molecular weight excluding hydrogens is 348 g/mol. The summed E-state index contributed by atoms with van der Waals surface area (Å²) in [5.41, 5.74) is 0.851. The van der Waals surface area contributed by atoms with E-state index >= 15 is 0 Å². The molecule has 0 saturated carbocycles. The number of amides is 1. The highest BCUT2D eigenvalue weighted by atomic mass is 35.5. The maximum absolute atomic E-state index is 12.2. The number of fused-ring (bicyclic) bond motifs is 1. The SMILES string of the molecule is CCCN(CCC(=O)N[C@@H](C)CC)c1nc(CC)nc2cc(Cl)ccc12. The van der Waals surface area contributed by atoms with Crippen LogP contribution in [0.3, 0.4) is 0 Å². The number of nitrogens with one attached hydrogen (secondary N) is 1. The maximum Gasteiger partial charge on any atom is 0.221 e. The fraction of sp³-hybridized carbons (Fsp3) is 0.550. The Morgan fingerprint density at radius 2 is 2.00 bits per heavy atom. The Balaban J connectivity index is 2.29. The molecule has 0 aliphatic heterocycles. The molecule has 1 aromatic carbocycles. The van der Waals surface area contributed by atoms with E-state index in [-0.39, 0.29) is 11.9 Å². The van der Waals surface area contributed by atoms with Gasteiger partial charge >= 0.3 is 0 Å². The molecule has 26 heavy (non-hydrogen) atoms. The van der Waals surface area contributed by atoms with Gasteiger partial charge in [0.15, 0.2) is 0 Å². The topological polar surface area (TPSA) is 58.1 Å². The molecule has 142 valence electrons. The predicted octanol–water partition coefficient (Wildman–Crippen LogP) is 4.37. The Labute approximate surface area is 161 Å². The zero-order valence-corrected chi connectivity index (χ0v) is 16.9. The number of carbonyl (C=O) groups is 1. The number of anilines is 1. The number of hydrogen-bond acceptors (Lipinski definition) is 4. The van der Waals surface area contributed by atoms with Gasteiger partial charge in [0.25, 0.3) is 0 Å². The largest absolute Gasteiger partial charge is 0.355 e. The summed E-state index contributed by atoms with van der Waals surface area (Å²) in [4.78, 5) is 23.7. The Morgan fingerprint density at radius 1 is 1.23 bits per heavy atom. The molecular formula is C20H29ClN4O. The number of aryl methyl sites for hydroxylation is 1. The van der Waals surface area contributed by atoms with Gasteiger partial charge in [0.05, 0.1) is 5.52 Å². The molecule has 1 heterocycles. The number of carbonyl (C=O) groups excluding carboxylic acids is 1. The summed E-state index contributed by atoms with van der Waals surface area (Å²) in [6.45, 7) is 9.74. The minimum Gasteiger partial charge on any atom is -0.355 e. The number of hydrogen-bond donors (Lipinski definition) is 1. The Kier molecular flexibility index (Phi) is 7.64. The summed E-state index contributed by atoms with van der Waals surface area (Å²) in [6, 6.07) is 5.91. The van der Waals surface area contributed by atoms with Crippen molar-refractivity contribution in [2.75, 3.05) is 18.0 Å². The molecule has 0 spiro atoms. The van der Waals surface area contributed by atoms with E-state index in [1.54, 1.807) is 0 Å². The minimum atomic E-state index is 0.0811. The van der Waals surface area contributed by atoms with E-state index in [2.05, 4.69) is 29.0 Å². The van der Waals surface area contributed by atoms with Crippen molar-refractivity contribution >= 4 is 34.2 Å². The molecule has 1 amide bonds. The summed E-state index contributed by atoms with van der Waals surface area (Å²) >= 11 is 6.15. The van der Waals surface area contributed by atoms with Crippen LogP contribution >= 0.6 is 11.6 Å². The van der Waals surface area contributed by atoms with Crippen LogP contribution in [0.2, 0.25) is 5.02 Å². The molecule has 0 unspecified atom stereocenters. The molecule has 1 atom stereocenters. The zero-order valence-electron chi connectivity index (χ0n) is 16.2. The third-order valence-electron chi connectivity index (χ3n) is 4.42. The lowest BCUT2D eigenvalue weighted by molar-refractivity contribution is -0.121. The van der Waals surface area contributed by atoms with Gasteiger partial charge in [-0.15, -0.1) is 0 Å². The molecule has 0 radical (unpaired) electrons. The summed E-state index contributed by atoms with van der Waals surface area (Å²) < 4.78 is 0. The minimum absolute atomic E-state index is 0.0811. The first kappa shape index (κ1) is 20.4. The van der Waals surface area contributed by atoms with Crippen LogP contribution in [-0.4, -0.2) is 35.0 Å². The van der Waals surface area contributed by atoms with Crippen molar-refractivity contribution in [2.24, 2.45) is 0 Å². The Morgan fingerprint density at radius 3 is 2.65 bits per heavy atom. The van der Waals surface area contributed by atoms with Crippen molar-refractivity contribution < 1.29 is 4.79 Å². The first-order valence-corrected chi connectivity index (χ1v) is 9.86. The third kappa shape index (κ3) is 5.31. The van der Waals surface area contributed by atoms with Gasteiger partial charge in [0.2, 0.25) is 5.91 Å². The molecule has 0 aliphatic rings. The Hall–Kier alpha value is -1.88. The highest BCUT2D eigenvalue weighted by Crippen LogP contribution is 2.27. The summed E-state index contributed by atoms with van der Waals surface area (Å²) in [6.07, 6.45) is 3.11. The number of rotatable bonds is 9. The van der Waals surface area contributed by atoms with Crippen LogP contribution < -0.4 is 10.2 Å². The maximum atomic E-state index is 12.2. The quantitative estimate of drug-likeness (QED) is 0.706. The summed E-state index contributed by atoms with van der Waals surface area (Å²) in [5.74, 6) is 1.76. The Bertz CT molecular complexity index is 750. The second kappa shape index (κ2) is 9.72. The molecule has 2 aromatic rings. The lowest BCUT2D eigenvalue weighted by Crippen LogP contribution is -2.36. The third-order valence-corrected chi connectivity index (χ3v) is 4.66. The van der Waals surface area contributed by atoms with Crippen LogP contribution in [-0.2, 0) is 11.2 Å². The van der Waals surface area contributed by atoms with Gasteiger partial charge in [-0.3, -0.25) is 4.79 Å². The monoisotopic (exact) mass is 376 g/mol. The molecule has 2 rings (SSSR count). The van der Waals surface area contributed by atoms with E-state index in [1.165, 1.54) is 0 Å². The molecule has 1 aromatic heterocycles. The average Bonchev–Trinajstić information content (AvgIpc) is 2.63. The van der Waals surface area contributed by atoms with Gasteiger partial charge in [-0.05, 0) is 38.0 Å². The van der Waals surface area contributed by atoms with Crippen LogP contribution in [0.1, 0.15) is 52.8 Å². The lowest BCUT2D eigenvalue weighted by Gasteiger charge is -2.25.